The molecule has 2 N–H and O–H groups in total. The number of amides is 1. The van der Waals surface area contributed by atoms with Crippen molar-refractivity contribution in [3.63, 3.8) is 0 Å². The molecule has 1 amide bonds. The van der Waals surface area contributed by atoms with Crippen LogP contribution in [0.25, 0.3) is 0 Å². The number of ether oxygens (including phenoxy) is 1. The monoisotopic (exact) mass is 242 g/mol. The Bertz CT molecular complexity index is 324. The standard InChI is InChI=1S/C9H14N4O2S/c14-8(5-16-9-11-6-12-13-9)10-4-7-2-1-3-15-7/h6-7H,1-5H2,(H,10,14)(H,11,12,13)/t7-/m1/s1. The molecule has 1 atom stereocenters. The number of aromatic nitrogens is 3. The van der Waals surface area contributed by atoms with Crippen molar-refractivity contribution in [1.82, 2.24) is 20.5 Å². The lowest BCUT2D eigenvalue weighted by Gasteiger charge is -2.09. The number of hydrogen-bond donors (Lipinski definition) is 2. The van der Waals surface area contributed by atoms with Crippen LogP contribution in [0.1, 0.15) is 12.8 Å². The molecule has 0 aromatic carbocycles. The van der Waals surface area contributed by atoms with E-state index in [0.29, 0.717) is 17.5 Å². The van der Waals surface area contributed by atoms with Gasteiger partial charge in [0.05, 0.1) is 11.9 Å². The highest BCUT2D eigenvalue weighted by atomic mass is 32.2. The smallest absolute Gasteiger partial charge is 0.230 e. The van der Waals surface area contributed by atoms with Crippen molar-refractivity contribution in [3.8, 4) is 0 Å². The molecule has 7 heteroatoms. The van der Waals surface area contributed by atoms with Gasteiger partial charge in [0.2, 0.25) is 5.91 Å². The second-order valence-corrected chi connectivity index (χ2v) is 4.48. The molecule has 1 aromatic rings. The highest BCUT2D eigenvalue weighted by molar-refractivity contribution is 7.99. The molecule has 16 heavy (non-hydrogen) atoms. The molecular formula is C9H14N4O2S. The number of aromatic amines is 1. The van der Waals surface area contributed by atoms with Crippen molar-refractivity contribution < 1.29 is 9.53 Å². The van der Waals surface area contributed by atoms with E-state index in [2.05, 4.69) is 20.5 Å². The van der Waals surface area contributed by atoms with Crippen LogP contribution >= 0.6 is 11.8 Å². The van der Waals surface area contributed by atoms with E-state index in [1.807, 2.05) is 0 Å². The minimum Gasteiger partial charge on any atom is -0.376 e. The zero-order valence-electron chi connectivity index (χ0n) is 8.81. The van der Waals surface area contributed by atoms with Gasteiger partial charge in [-0.3, -0.25) is 9.89 Å². The number of hydrogen-bond acceptors (Lipinski definition) is 5. The van der Waals surface area contributed by atoms with Gasteiger partial charge in [-0.25, -0.2) is 4.98 Å². The summed E-state index contributed by atoms with van der Waals surface area (Å²) in [6.07, 6.45) is 3.74. The molecular weight excluding hydrogens is 228 g/mol. The van der Waals surface area contributed by atoms with E-state index in [-0.39, 0.29) is 12.0 Å². The molecule has 0 unspecified atom stereocenters. The quantitative estimate of drug-likeness (QED) is 0.721. The van der Waals surface area contributed by atoms with Crippen LogP contribution in [-0.2, 0) is 9.53 Å². The largest absolute Gasteiger partial charge is 0.376 e. The third kappa shape index (κ3) is 3.49. The summed E-state index contributed by atoms with van der Waals surface area (Å²) in [6.45, 7) is 1.42. The maximum atomic E-state index is 11.4. The van der Waals surface area contributed by atoms with Gasteiger partial charge in [0.1, 0.15) is 6.33 Å². The van der Waals surface area contributed by atoms with Crippen LogP contribution < -0.4 is 5.32 Å². The Morgan fingerprint density at radius 3 is 3.38 bits per heavy atom. The fourth-order valence-corrected chi connectivity index (χ4v) is 2.09. The average molecular weight is 242 g/mol. The molecule has 0 radical (unpaired) electrons. The lowest BCUT2D eigenvalue weighted by molar-refractivity contribution is -0.119. The Hall–Kier alpha value is -1.08. The van der Waals surface area contributed by atoms with Gasteiger partial charge in [0.15, 0.2) is 5.16 Å². The summed E-state index contributed by atoms with van der Waals surface area (Å²) in [7, 11) is 0. The van der Waals surface area contributed by atoms with Gasteiger partial charge >= 0.3 is 0 Å². The number of rotatable bonds is 5. The van der Waals surface area contributed by atoms with E-state index in [0.717, 1.165) is 19.4 Å². The third-order valence-electron chi connectivity index (χ3n) is 2.28. The maximum absolute atomic E-state index is 11.4. The van der Waals surface area contributed by atoms with E-state index in [1.165, 1.54) is 18.1 Å². The van der Waals surface area contributed by atoms with Crippen LogP contribution in [0.4, 0.5) is 0 Å². The fraction of sp³-hybridized carbons (Fsp3) is 0.667. The van der Waals surface area contributed by atoms with E-state index in [1.54, 1.807) is 0 Å². The second kappa shape index (κ2) is 5.86. The van der Waals surface area contributed by atoms with Crippen LogP contribution in [0.15, 0.2) is 11.5 Å². The van der Waals surface area contributed by atoms with Crippen LogP contribution in [0.2, 0.25) is 0 Å². The molecule has 2 heterocycles. The maximum Gasteiger partial charge on any atom is 0.230 e. The Morgan fingerprint density at radius 1 is 1.75 bits per heavy atom. The molecule has 1 aromatic heterocycles. The van der Waals surface area contributed by atoms with Crippen molar-refractivity contribution in [1.29, 1.82) is 0 Å². The third-order valence-corrected chi connectivity index (χ3v) is 3.16. The molecule has 0 bridgehead atoms. The molecule has 0 saturated carbocycles. The van der Waals surface area contributed by atoms with Crippen molar-refractivity contribution in [3.05, 3.63) is 6.33 Å². The van der Waals surface area contributed by atoms with E-state index in [4.69, 9.17) is 4.74 Å². The number of carbonyl (C=O) groups is 1. The van der Waals surface area contributed by atoms with Crippen molar-refractivity contribution in [2.75, 3.05) is 18.9 Å². The zero-order chi connectivity index (χ0) is 11.2. The zero-order valence-corrected chi connectivity index (χ0v) is 9.63. The Morgan fingerprint density at radius 2 is 2.69 bits per heavy atom. The highest BCUT2D eigenvalue weighted by Crippen LogP contribution is 2.11. The summed E-state index contributed by atoms with van der Waals surface area (Å²) in [5.74, 6) is 0.346. The molecule has 6 nitrogen and oxygen atoms in total. The summed E-state index contributed by atoms with van der Waals surface area (Å²) < 4.78 is 5.40. The van der Waals surface area contributed by atoms with E-state index in [9.17, 15) is 4.79 Å². The summed E-state index contributed by atoms with van der Waals surface area (Å²) >= 11 is 1.34. The molecule has 0 aliphatic carbocycles. The van der Waals surface area contributed by atoms with Gasteiger partial charge in [0, 0.05) is 13.2 Å². The minimum absolute atomic E-state index is 0.00287. The second-order valence-electron chi connectivity index (χ2n) is 3.52. The number of carbonyl (C=O) groups excluding carboxylic acids is 1. The molecule has 1 fully saturated rings. The molecule has 1 saturated heterocycles. The summed E-state index contributed by atoms with van der Waals surface area (Å²) in [5, 5.41) is 9.89. The Balaban J connectivity index is 1.60. The first-order valence-corrected chi connectivity index (χ1v) is 6.19. The molecule has 1 aliphatic rings. The topological polar surface area (TPSA) is 79.9 Å². The van der Waals surface area contributed by atoms with Crippen LogP contribution in [0.3, 0.4) is 0 Å². The summed E-state index contributed by atoms with van der Waals surface area (Å²) in [5.41, 5.74) is 0. The number of nitrogens with one attached hydrogen (secondary N) is 2. The lowest BCUT2D eigenvalue weighted by Crippen LogP contribution is -2.32. The fourth-order valence-electron chi connectivity index (χ4n) is 1.48. The summed E-state index contributed by atoms with van der Waals surface area (Å²) in [4.78, 5) is 15.4. The molecule has 1 aliphatic heterocycles. The number of thioether (sulfide) groups is 1. The van der Waals surface area contributed by atoms with Crippen LogP contribution in [-0.4, -0.2) is 46.1 Å². The van der Waals surface area contributed by atoms with Crippen molar-refractivity contribution >= 4 is 17.7 Å². The normalized spacial score (nSPS) is 19.9. The lowest BCUT2D eigenvalue weighted by atomic mass is 10.2. The first-order chi connectivity index (χ1) is 7.84. The minimum atomic E-state index is -0.00287. The van der Waals surface area contributed by atoms with Crippen LogP contribution in [0, 0.1) is 0 Å². The SMILES string of the molecule is O=C(CSc1ncn[nH]1)NC[C@H]1CCCO1. The molecule has 0 spiro atoms. The Kier molecular flexibility index (Phi) is 4.17. The van der Waals surface area contributed by atoms with E-state index < -0.39 is 0 Å². The Labute approximate surface area is 97.5 Å². The first kappa shape index (κ1) is 11.4. The van der Waals surface area contributed by atoms with Gasteiger partial charge in [-0.2, -0.15) is 5.10 Å². The predicted molar refractivity (Wildman–Crippen MR) is 59.1 cm³/mol. The highest BCUT2D eigenvalue weighted by Gasteiger charge is 2.16. The van der Waals surface area contributed by atoms with Gasteiger partial charge in [-0.15, -0.1) is 0 Å². The van der Waals surface area contributed by atoms with E-state index >= 15 is 0 Å². The first-order valence-electron chi connectivity index (χ1n) is 5.21. The van der Waals surface area contributed by atoms with Gasteiger partial charge < -0.3 is 10.1 Å². The summed E-state index contributed by atoms with van der Waals surface area (Å²) in [6, 6.07) is 0. The number of H-pyrrole nitrogens is 1. The predicted octanol–water partition coefficient (Wildman–Crippen LogP) is 0.192. The molecule has 88 valence electrons. The molecule has 2 rings (SSSR count). The van der Waals surface area contributed by atoms with Crippen molar-refractivity contribution in [2.45, 2.75) is 24.1 Å². The van der Waals surface area contributed by atoms with Crippen molar-refractivity contribution in [2.24, 2.45) is 0 Å². The average Bonchev–Trinajstić information content (AvgIpc) is 2.96. The van der Waals surface area contributed by atoms with Gasteiger partial charge in [-0.05, 0) is 12.8 Å². The number of nitrogens with zero attached hydrogens (tertiary/aromatic N) is 2. The van der Waals surface area contributed by atoms with Gasteiger partial charge in [-0.1, -0.05) is 11.8 Å². The van der Waals surface area contributed by atoms with Gasteiger partial charge in [0.25, 0.3) is 0 Å². The van der Waals surface area contributed by atoms with Crippen LogP contribution in [0.5, 0.6) is 0 Å².